The summed E-state index contributed by atoms with van der Waals surface area (Å²) in [5.74, 6) is 1.04. The van der Waals surface area contributed by atoms with Crippen LogP contribution in [0.4, 0.5) is 0 Å². The van der Waals surface area contributed by atoms with Gasteiger partial charge in [-0.2, -0.15) is 0 Å². The topological polar surface area (TPSA) is 108 Å². The maximum absolute atomic E-state index is 12.2. The molecule has 8 heteroatoms. The molecule has 152 valence electrons. The molecule has 4 rings (SSSR count). The summed E-state index contributed by atoms with van der Waals surface area (Å²) in [6.07, 6.45) is 3.42. The Morgan fingerprint density at radius 3 is 2.60 bits per heavy atom. The minimum absolute atomic E-state index is 0.0866. The number of carbonyl (C=O) groups is 1. The van der Waals surface area contributed by atoms with Gasteiger partial charge >= 0.3 is 0 Å². The van der Waals surface area contributed by atoms with Crippen LogP contribution in [0.5, 0.6) is 5.75 Å². The summed E-state index contributed by atoms with van der Waals surface area (Å²) in [6.45, 7) is 5.22. The van der Waals surface area contributed by atoms with E-state index in [1.54, 1.807) is 26.4 Å². The predicted octanol–water partition coefficient (Wildman–Crippen LogP) is 3.11. The van der Waals surface area contributed by atoms with Crippen molar-refractivity contribution >= 4 is 28.0 Å². The average Bonchev–Trinajstić information content (AvgIpc) is 3.17. The number of benzene rings is 1. The van der Waals surface area contributed by atoms with Crippen LogP contribution in [-0.4, -0.2) is 37.5 Å². The zero-order valence-corrected chi connectivity index (χ0v) is 17.2. The number of ether oxygens (including phenoxy) is 1. The molecule has 0 aliphatic heterocycles. The van der Waals surface area contributed by atoms with Crippen molar-refractivity contribution in [3.8, 4) is 5.75 Å². The van der Waals surface area contributed by atoms with Crippen molar-refractivity contribution in [3.05, 3.63) is 65.5 Å². The van der Waals surface area contributed by atoms with Gasteiger partial charge in [0, 0.05) is 29.1 Å². The van der Waals surface area contributed by atoms with Crippen molar-refractivity contribution in [2.75, 3.05) is 7.11 Å². The fourth-order valence-corrected chi connectivity index (χ4v) is 3.70. The number of Topliss-reactive ketones (excluding diaryl/α,β-unsaturated/α-hetero) is 1. The molecule has 0 bridgehead atoms. The zero-order valence-electron chi connectivity index (χ0n) is 17.2. The summed E-state index contributed by atoms with van der Waals surface area (Å²) >= 11 is 0. The molecule has 2 N–H and O–H groups in total. The van der Waals surface area contributed by atoms with Crippen LogP contribution in [0.1, 0.15) is 43.8 Å². The van der Waals surface area contributed by atoms with Crippen molar-refractivity contribution < 1.29 is 9.53 Å². The van der Waals surface area contributed by atoms with Crippen molar-refractivity contribution in [1.82, 2.24) is 24.6 Å². The lowest BCUT2D eigenvalue weighted by Crippen LogP contribution is -2.08. The molecular weight excluding hydrogens is 380 g/mol. The Kier molecular flexibility index (Phi) is 4.91. The molecular formula is C22H22N6O2. The summed E-state index contributed by atoms with van der Waals surface area (Å²) in [4.78, 5) is 21.2. The molecule has 1 unspecified atom stereocenters. The maximum atomic E-state index is 12.2. The van der Waals surface area contributed by atoms with Crippen LogP contribution >= 0.6 is 0 Å². The van der Waals surface area contributed by atoms with Gasteiger partial charge in [0.25, 0.3) is 0 Å². The number of nitrogens with zero attached hydrogens (tertiary/aromatic N) is 5. The first-order valence-electron chi connectivity index (χ1n) is 9.52. The van der Waals surface area contributed by atoms with E-state index in [0.29, 0.717) is 33.7 Å². The lowest BCUT2D eigenvalue weighted by molar-refractivity contribution is -0.111. The molecule has 0 saturated heterocycles. The Hall–Kier alpha value is -3.81. The molecule has 8 nitrogen and oxygen atoms in total. The molecule has 0 amide bonds. The molecule has 3 heterocycles. The second-order valence-electron chi connectivity index (χ2n) is 7.14. The molecule has 0 aliphatic rings. The Bertz CT molecular complexity index is 1290. The summed E-state index contributed by atoms with van der Waals surface area (Å²) in [6, 6.07) is 9.44. The normalized spacial score (nSPS) is 13.3. The third-order valence-electron chi connectivity index (χ3n) is 5.10. The van der Waals surface area contributed by atoms with E-state index >= 15 is 0 Å². The number of hydrogen-bond acceptors (Lipinski definition) is 7. The van der Waals surface area contributed by atoms with E-state index < -0.39 is 0 Å². The number of hydrogen-bond donors (Lipinski definition) is 1. The molecule has 3 aromatic heterocycles. The summed E-state index contributed by atoms with van der Waals surface area (Å²) in [5, 5.41) is 8.68. The summed E-state index contributed by atoms with van der Waals surface area (Å²) in [7, 11) is 1.56. The van der Waals surface area contributed by atoms with Crippen LogP contribution < -0.4 is 10.5 Å². The second-order valence-corrected chi connectivity index (χ2v) is 7.14. The third kappa shape index (κ3) is 3.16. The van der Waals surface area contributed by atoms with E-state index in [-0.39, 0.29) is 11.7 Å². The van der Waals surface area contributed by atoms with Gasteiger partial charge in [0.2, 0.25) is 0 Å². The zero-order chi connectivity index (χ0) is 21.4. The number of allylic oxidation sites excluding steroid dienone is 2. The summed E-state index contributed by atoms with van der Waals surface area (Å²) in [5.41, 5.74) is 10.4. The van der Waals surface area contributed by atoms with E-state index in [9.17, 15) is 4.79 Å². The van der Waals surface area contributed by atoms with Crippen molar-refractivity contribution in [2.45, 2.75) is 26.7 Å². The molecule has 30 heavy (non-hydrogen) atoms. The minimum Gasteiger partial charge on any atom is -0.496 e. The van der Waals surface area contributed by atoms with Crippen molar-refractivity contribution in [2.24, 2.45) is 5.73 Å². The highest BCUT2D eigenvalue weighted by atomic mass is 16.5. The number of pyridine rings is 1. The van der Waals surface area contributed by atoms with Crippen LogP contribution in [0.3, 0.4) is 0 Å². The van der Waals surface area contributed by atoms with E-state index in [1.165, 1.54) is 6.92 Å². The number of nitrogens with two attached hydrogens (primary N) is 1. The van der Waals surface area contributed by atoms with Crippen LogP contribution in [0, 0.1) is 0 Å². The Labute approximate surface area is 173 Å². The smallest absolute Gasteiger partial charge is 0.179 e. The first kappa shape index (κ1) is 19.5. The minimum atomic E-state index is -0.137. The lowest BCUT2D eigenvalue weighted by Gasteiger charge is -2.15. The molecule has 1 atom stereocenters. The molecule has 0 fully saturated rings. The van der Waals surface area contributed by atoms with E-state index in [0.717, 1.165) is 17.0 Å². The van der Waals surface area contributed by atoms with Crippen LogP contribution in [0.25, 0.3) is 22.3 Å². The number of aromatic nitrogens is 5. The van der Waals surface area contributed by atoms with Gasteiger partial charge in [-0.15, -0.1) is 10.2 Å². The number of carbonyl (C=O) groups excluding carboxylic acids is 1. The van der Waals surface area contributed by atoms with Gasteiger partial charge in [-0.1, -0.05) is 6.07 Å². The molecule has 0 spiro atoms. The van der Waals surface area contributed by atoms with Gasteiger partial charge in [0.15, 0.2) is 11.4 Å². The fourth-order valence-electron chi connectivity index (χ4n) is 3.70. The van der Waals surface area contributed by atoms with E-state index in [4.69, 9.17) is 10.5 Å². The Morgan fingerprint density at radius 1 is 1.17 bits per heavy atom. The Balaban J connectivity index is 2.00. The highest BCUT2D eigenvalue weighted by molar-refractivity contribution is 6.21. The van der Waals surface area contributed by atoms with E-state index in [1.807, 2.05) is 41.7 Å². The number of ketones is 1. The molecule has 0 aliphatic carbocycles. The number of fused-ring (bicyclic) bond motifs is 3. The van der Waals surface area contributed by atoms with Crippen molar-refractivity contribution in [3.63, 3.8) is 0 Å². The first-order valence-corrected chi connectivity index (χ1v) is 9.52. The average molecular weight is 402 g/mol. The monoisotopic (exact) mass is 402 g/mol. The van der Waals surface area contributed by atoms with Gasteiger partial charge in [0.05, 0.1) is 36.0 Å². The van der Waals surface area contributed by atoms with Crippen LogP contribution in [0.2, 0.25) is 0 Å². The second kappa shape index (κ2) is 7.55. The third-order valence-corrected chi connectivity index (χ3v) is 5.10. The number of methoxy groups -OCH3 is 1. The van der Waals surface area contributed by atoms with Crippen LogP contribution in [0.15, 0.2) is 48.4 Å². The lowest BCUT2D eigenvalue weighted by atomic mass is 9.98. The first-order chi connectivity index (χ1) is 14.4. The van der Waals surface area contributed by atoms with Gasteiger partial charge in [-0.3, -0.25) is 19.2 Å². The molecule has 1 aromatic carbocycles. The molecule has 4 aromatic rings. The highest BCUT2D eigenvalue weighted by Gasteiger charge is 2.21. The maximum Gasteiger partial charge on any atom is 0.179 e. The van der Waals surface area contributed by atoms with Gasteiger partial charge in [-0.05, 0) is 39.0 Å². The largest absolute Gasteiger partial charge is 0.496 e. The highest BCUT2D eigenvalue weighted by Crippen LogP contribution is 2.33. The number of rotatable bonds is 5. The van der Waals surface area contributed by atoms with Gasteiger partial charge < -0.3 is 10.5 Å². The predicted molar refractivity (Wildman–Crippen MR) is 114 cm³/mol. The Morgan fingerprint density at radius 2 is 1.97 bits per heavy atom. The summed E-state index contributed by atoms with van der Waals surface area (Å²) < 4.78 is 7.55. The molecule has 0 saturated carbocycles. The van der Waals surface area contributed by atoms with Gasteiger partial charge in [0.1, 0.15) is 11.6 Å². The molecule has 0 radical (unpaired) electrons. The van der Waals surface area contributed by atoms with Gasteiger partial charge in [-0.25, -0.2) is 0 Å². The fraction of sp³-hybridized carbons (Fsp3) is 0.227. The quantitative estimate of drug-likeness (QED) is 0.511. The van der Waals surface area contributed by atoms with Crippen molar-refractivity contribution in [1.29, 1.82) is 0 Å². The standard InChI is InChI=1S/C22H22N6O2/c1-12(16-7-5-6-8-24-16)22-27-26-20-11-25-17-9-15(21(13(2)23)14(3)29)19(30-4)10-18(17)28(20)22/h5-12H,23H2,1-4H3. The SMILES string of the molecule is COc1cc2c(cc1C(C(C)=O)=C(C)N)ncc1nnc(C(C)c3ccccn3)n12. The van der Waals surface area contributed by atoms with E-state index in [2.05, 4.69) is 20.2 Å². The van der Waals surface area contributed by atoms with Crippen LogP contribution in [-0.2, 0) is 4.79 Å².